The van der Waals surface area contributed by atoms with Gasteiger partial charge in [0.25, 0.3) is 0 Å². The molecule has 0 fully saturated rings. The quantitative estimate of drug-likeness (QED) is 0.674. The van der Waals surface area contributed by atoms with E-state index in [0.717, 1.165) is 10.7 Å². The molecule has 0 rings (SSSR count). The Hall–Kier alpha value is 0.920. The summed E-state index contributed by atoms with van der Waals surface area (Å²) in [5, 5.41) is 1.80. The van der Waals surface area contributed by atoms with Crippen LogP contribution in [0.1, 0.15) is 0 Å². The van der Waals surface area contributed by atoms with E-state index in [-0.39, 0.29) is 0 Å². The minimum Gasteiger partial charge on any atom is -0.380 e. The number of rotatable bonds is 3. The van der Waals surface area contributed by atoms with E-state index in [1.807, 2.05) is 0 Å². The first-order chi connectivity index (χ1) is 3.35. The second-order valence-corrected chi connectivity index (χ2v) is 2.46. The van der Waals surface area contributed by atoms with Gasteiger partial charge in [-0.2, -0.15) is 0 Å². The zero-order valence-electron chi connectivity index (χ0n) is 4.16. The summed E-state index contributed by atoms with van der Waals surface area (Å²) in [5.41, 5.74) is 0. The average molecular weight is 232 g/mol. The van der Waals surface area contributed by atoms with Crippen molar-refractivity contribution < 1.29 is 4.74 Å². The van der Waals surface area contributed by atoms with Gasteiger partial charge in [-0.25, -0.2) is 0 Å². The number of alkyl halides is 2. The van der Waals surface area contributed by atoms with Gasteiger partial charge >= 0.3 is 0 Å². The molecule has 0 aromatic carbocycles. The van der Waals surface area contributed by atoms with E-state index in [9.17, 15) is 0 Å². The molecule has 0 saturated heterocycles. The fourth-order valence-corrected chi connectivity index (χ4v) is 1.77. The molecule has 3 heteroatoms. The highest BCUT2D eigenvalue weighted by Crippen LogP contribution is 1.98. The van der Waals surface area contributed by atoms with E-state index < -0.39 is 0 Å². The van der Waals surface area contributed by atoms with Crippen LogP contribution in [0.25, 0.3) is 0 Å². The number of ether oxygens (including phenoxy) is 1. The summed E-state index contributed by atoms with van der Waals surface area (Å²) < 4.78 is 4.95. The minimum absolute atomic E-state index is 0.319. The highest BCUT2D eigenvalue weighted by Gasteiger charge is 1.98. The normalized spacial score (nSPS) is 10.3. The van der Waals surface area contributed by atoms with Gasteiger partial charge in [0.2, 0.25) is 0 Å². The van der Waals surface area contributed by atoms with Gasteiger partial charge in [-0.3, -0.25) is 0 Å². The van der Waals surface area contributed by atoms with Crippen LogP contribution >= 0.6 is 31.9 Å². The number of halogens is 2. The first-order valence-corrected chi connectivity index (χ1v) is 4.24. The Bertz CT molecular complexity index is 31.2. The third kappa shape index (κ3) is 3.50. The third-order valence-electron chi connectivity index (χ3n) is 0.678. The van der Waals surface area contributed by atoms with Crippen LogP contribution in [0.2, 0.25) is 0 Å². The summed E-state index contributed by atoms with van der Waals surface area (Å²) in [5.74, 6) is 0. The van der Waals surface area contributed by atoms with E-state index in [4.69, 9.17) is 4.74 Å². The van der Waals surface area contributed by atoms with Gasteiger partial charge in [-0.1, -0.05) is 31.9 Å². The fourth-order valence-electron chi connectivity index (χ4n) is 0.167. The van der Waals surface area contributed by atoms with Crippen LogP contribution in [-0.2, 0) is 4.74 Å². The molecular weight excluding hydrogens is 224 g/mol. The Labute approximate surface area is 60.7 Å². The molecule has 0 saturated carbocycles. The maximum Gasteiger partial charge on any atom is 0.0764 e. The largest absolute Gasteiger partial charge is 0.380 e. The lowest BCUT2D eigenvalue weighted by atomic mass is 10.5. The summed E-state index contributed by atoms with van der Waals surface area (Å²) in [4.78, 5) is 0. The van der Waals surface area contributed by atoms with Crippen molar-refractivity contribution in [3.05, 3.63) is 0 Å². The smallest absolute Gasteiger partial charge is 0.0764 e. The van der Waals surface area contributed by atoms with Crippen LogP contribution in [0.4, 0.5) is 0 Å². The van der Waals surface area contributed by atoms with Crippen molar-refractivity contribution in [1.82, 2.24) is 0 Å². The second-order valence-electron chi connectivity index (χ2n) is 1.17. The Morgan fingerprint density at radius 2 is 1.86 bits per heavy atom. The first kappa shape index (κ1) is 7.92. The van der Waals surface area contributed by atoms with Crippen LogP contribution < -0.4 is 0 Å². The lowest BCUT2D eigenvalue weighted by Gasteiger charge is -2.04. The molecule has 0 spiro atoms. The molecule has 0 bridgehead atoms. The first-order valence-electron chi connectivity index (χ1n) is 1.99. The molecule has 44 valence electrons. The Morgan fingerprint density at radius 3 is 1.86 bits per heavy atom. The molecule has 0 aliphatic carbocycles. The predicted octanol–water partition coefficient (Wildman–Crippen LogP) is 1.79. The molecule has 0 atom stereocenters. The Morgan fingerprint density at radius 1 is 1.43 bits per heavy atom. The molecule has 0 radical (unpaired) electrons. The highest BCUT2D eigenvalue weighted by molar-refractivity contribution is 9.09. The average Bonchev–Trinajstić information content (AvgIpc) is 1.72. The van der Waals surface area contributed by atoms with Crippen LogP contribution in [-0.4, -0.2) is 23.9 Å². The monoisotopic (exact) mass is 230 g/mol. The maximum absolute atomic E-state index is 4.95. The second kappa shape index (κ2) is 5.06. The topological polar surface area (TPSA) is 9.23 Å². The maximum atomic E-state index is 4.95. The lowest BCUT2D eigenvalue weighted by molar-refractivity contribution is 0.143. The SMILES string of the molecule is COC(CBr)CBr. The van der Waals surface area contributed by atoms with Crippen molar-refractivity contribution in [2.75, 3.05) is 17.8 Å². The van der Waals surface area contributed by atoms with Gasteiger partial charge in [0.1, 0.15) is 0 Å². The van der Waals surface area contributed by atoms with Crippen molar-refractivity contribution in [1.29, 1.82) is 0 Å². The molecule has 0 aliphatic rings. The predicted molar refractivity (Wildman–Crippen MR) is 38.4 cm³/mol. The van der Waals surface area contributed by atoms with Gasteiger partial charge < -0.3 is 4.74 Å². The summed E-state index contributed by atoms with van der Waals surface area (Å²) in [6.45, 7) is 0. The Balaban J connectivity index is 2.99. The van der Waals surface area contributed by atoms with Gasteiger partial charge in [0, 0.05) is 17.8 Å². The van der Waals surface area contributed by atoms with Gasteiger partial charge in [0.15, 0.2) is 0 Å². The molecule has 0 heterocycles. The van der Waals surface area contributed by atoms with Crippen LogP contribution in [0.3, 0.4) is 0 Å². The van der Waals surface area contributed by atoms with E-state index in [0.29, 0.717) is 6.10 Å². The summed E-state index contributed by atoms with van der Waals surface area (Å²) in [6.07, 6.45) is 0.319. The minimum atomic E-state index is 0.319. The molecule has 7 heavy (non-hydrogen) atoms. The fraction of sp³-hybridized carbons (Fsp3) is 1.00. The molecule has 1 nitrogen and oxygen atoms in total. The van der Waals surface area contributed by atoms with E-state index in [2.05, 4.69) is 31.9 Å². The molecular formula is C4H8Br2O. The number of hydrogen-bond donors (Lipinski definition) is 0. The summed E-state index contributed by atoms with van der Waals surface area (Å²) >= 11 is 6.56. The lowest BCUT2D eigenvalue weighted by Crippen LogP contribution is -2.12. The molecule has 0 unspecified atom stereocenters. The van der Waals surface area contributed by atoms with Gasteiger partial charge in [-0.05, 0) is 0 Å². The highest BCUT2D eigenvalue weighted by atomic mass is 79.9. The van der Waals surface area contributed by atoms with Crippen molar-refractivity contribution >= 4 is 31.9 Å². The van der Waals surface area contributed by atoms with E-state index >= 15 is 0 Å². The zero-order chi connectivity index (χ0) is 5.70. The van der Waals surface area contributed by atoms with Crippen LogP contribution in [0.15, 0.2) is 0 Å². The van der Waals surface area contributed by atoms with E-state index in [1.54, 1.807) is 7.11 Å². The molecule has 0 aromatic heterocycles. The molecule has 0 aromatic rings. The van der Waals surface area contributed by atoms with Crippen molar-refractivity contribution in [2.24, 2.45) is 0 Å². The van der Waals surface area contributed by atoms with Crippen LogP contribution in [0.5, 0.6) is 0 Å². The molecule has 0 amide bonds. The molecule has 0 aliphatic heterocycles. The summed E-state index contributed by atoms with van der Waals surface area (Å²) in [7, 11) is 1.70. The zero-order valence-corrected chi connectivity index (χ0v) is 7.33. The number of methoxy groups -OCH3 is 1. The van der Waals surface area contributed by atoms with E-state index in [1.165, 1.54) is 0 Å². The standard InChI is InChI=1S/C4H8Br2O/c1-7-4(2-5)3-6/h4H,2-3H2,1H3. The van der Waals surface area contributed by atoms with Crippen LogP contribution in [0, 0.1) is 0 Å². The Kier molecular flexibility index (Phi) is 5.73. The number of hydrogen-bond acceptors (Lipinski definition) is 1. The van der Waals surface area contributed by atoms with Gasteiger partial charge in [-0.15, -0.1) is 0 Å². The van der Waals surface area contributed by atoms with Crippen molar-refractivity contribution in [2.45, 2.75) is 6.10 Å². The van der Waals surface area contributed by atoms with Crippen molar-refractivity contribution in [3.63, 3.8) is 0 Å². The third-order valence-corrected chi connectivity index (χ3v) is 2.12. The molecule has 0 N–H and O–H groups in total. The summed E-state index contributed by atoms with van der Waals surface area (Å²) in [6, 6.07) is 0. The van der Waals surface area contributed by atoms with Crippen molar-refractivity contribution in [3.8, 4) is 0 Å². The van der Waals surface area contributed by atoms with Gasteiger partial charge in [0.05, 0.1) is 6.10 Å².